The van der Waals surface area contributed by atoms with Gasteiger partial charge in [0.15, 0.2) is 5.82 Å². The Bertz CT molecular complexity index is 1200. The monoisotopic (exact) mass is 431 g/mol. The van der Waals surface area contributed by atoms with Gasteiger partial charge in [-0.05, 0) is 45.4 Å². The number of fused-ring (bicyclic) bond motifs is 1. The largest absolute Gasteiger partial charge is 0.358 e. The maximum absolute atomic E-state index is 12.7. The molecule has 0 aliphatic rings. The normalized spacial score (nSPS) is 12.5. The number of nitrogens with zero attached hydrogens (tertiary/aromatic N) is 3. The summed E-state index contributed by atoms with van der Waals surface area (Å²) in [5.41, 5.74) is 2.64. The number of pyridine rings is 1. The van der Waals surface area contributed by atoms with Crippen molar-refractivity contribution in [1.29, 1.82) is 0 Å². The lowest BCUT2D eigenvalue weighted by Gasteiger charge is -2.24. The zero-order valence-corrected chi connectivity index (χ0v) is 18.8. The van der Waals surface area contributed by atoms with Crippen LogP contribution in [0.2, 0.25) is 0 Å². The Hall–Kier alpha value is -3.32. The molecule has 3 heterocycles. The highest BCUT2D eigenvalue weighted by atomic mass is 32.1. The van der Waals surface area contributed by atoms with Crippen LogP contribution in [-0.4, -0.2) is 32.4 Å². The standard InChI is InChI=1S/C24H25N5OS/c1-15(22(30)29-24(2,3)4)26-21-19-18(16-9-6-5-7-10-16)14-31-23(19)28-20(27-21)17-11-8-12-25-13-17/h5-15H,1-4H3,(H,29,30)(H,26,27,28). The predicted molar refractivity (Wildman–Crippen MR) is 127 cm³/mol. The van der Waals surface area contributed by atoms with Crippen LogP contribution in [0, 0.1) is 0 Å². The lowest BCUT2D eigenvalue weighted by atomic mass is 10.1. The van der Waals surface area contributed by atoms with E-state index in [0.29, 0.717) is 11.6 Å². The summed E-state index contributed by atoms with van der Waals surface area (Å²) in [6.45, 7) is 7.74. The summed E-state index contributed by atoms with van der Waals surface area (Å²) in [5, 5.41) is 9.36. The predicted octanol–water partition coefficient (Wildman–Crippen LogP) is 5.14. The Morgan fingerprint density at radius 1 is 1.03 bits per heavy atom. The highest BCUT2D eigenvalue weighted by molar-refractivity contribution is 7.17. The first-order valence-corrected chi connectivity index (χ1v) is 11.0. The number of amides is 1. The van der Waals surface area contributed by atoms with Crippen LogP contribution in [0.5, 0.6) is 0 Å². The topological polar surface area (TPSA) is 79.8 Å². The zero-order valence-electron chi connectivity index (χ0n) is 18.0. The van der Waals surface area contributed by atoms with E-state index in [1.54, 1.807) is 23.7 Å². The minimum atomic E-state index is -0.470. The van der Waals surface area contributed by atoms with Crippen molar-refractivity contribution in [3.05, 3.63) is 60.2 Å². The Morgan fingerprint density at radius 3 is 2.45 bits per heavy atom. The van der Waals surface area contributed by atoms with E-state index in [-0.39, 0.29) is 11.4 Å². The van der Waals surface area contributed by atoms with Crippen LogP contribution in [-0.2, 0) is 4.79 Å². The van der Waals surface area contributed by atoms with Crippen molar-refractivity contribution in [2.24, 2.45) is 0 Å². The Morgan fingerprint density at radius 2 is 1.77 bits per heavy atom. The highest BCUT2D eigenvalue weighted by Crippen LogP contribution is 2.38. The summed E-state index contributed by atoms with van der Waals surface area (Å²) in [5.74, 6) is 1.13. The van der Waals surface area contributed by atoms with Gasteiger partial charge in [-0.25, -0.2) is 9.97 Å². The number of anilines is 1. The molecule has 0 spiro atoms. The Labute approximate surface area is 185 Å². The van der Waals surface area contributed by atoms with Gasteiger partial charge >= 0.3 is 0 Å². The average Bonchev–Trinajstić information content (AvgIpc) is 3.18. The SMILES string of the molecule is CC(Nc1nc(-c2cccnc2)nc2scc(-c3ccccc3)c12)C(=O)NC(C)(C)C. The molecule has 2 N–H and O–H groups in total. The van der Waals surface area contributed by atoms with Crippen molar-refractivity contribution >= 4 is 33.3 Å². The molecule has 0 bridgehead atoms. The molecule has 4 aromatic rings. The summed E-state index contributed by atoms with van der Waals surface area (Å²) >= 11 is 1.57. The number of nitrogens with one attached hydrogen (secondary N) is 2. The molecule has 4 rings (SSSR count). The molecule has 7 heteroatoms. The van der Waals surface area contributed by atoms with E-state index < -0.39 is 6.04 Å². The maximum atomic E-state index is 12.7. The van der Waals surface area contributed by atoms with E-state index in [4.69, 9.17) is 9.97 Å². The summed E-state index contributed by atoms with van der Waals surface area (Å²) in [6, 6.07) is 13.5. The first-order chi connectivity index (χ1) is 14.8. The molecule has 158 valence electrons. The van der Waals surface area contributed by atoms with Crippen molar-refractivity contribution in [3.8, 4) is 22.5 Å². The fourth-order valence-corrected chi connectivity index (χ4v) is 4.20. The molecule has 1 unspecified atom stereocenters. The molecule has 3 aromatic heterocycles. The van der Waals surface area contributed by atoms with Crippen LogP contribution in [0.25, 0.3) is 32.7 Å². The molecule has 1 aromatic carbocycles. The molecule has 0 aliphatic carbocycles. The molecule has 31 heavy (non-hydrogen) atoms. The summed E-state index contributed by atoms with van der Waals surface area (Å²) in [6.07, 6.45) is 3.46. The summed E-state index contributed by atoms with van der Waals surface area (Å²) < 4.78 is 0. The molecule has 0 saturated heterocycles. The third-order valence-corrected chi connectivity index (χ3v) is 5.56. The number of aromatic nitrogens is 3. The number of hydrogen-bond acceptors (Lipinski definition) is 6. The molecule has 0 saturated carbocycles. The van der Waals surface area contributed by atoms with E-state index in [9.17, 15) is 4.79 Å². The highest BCUT2D eigenvalue weighted by Gasteiger charge is 2.22. The van der Waals surface area contributed by atoms with Crippen molar-refractivity contribution in [1.82, 2.24) is 20.3 Å². The molecule has 0 fully saturated rings. The minimum absolute atomic E-state index is 0.0846. The number of rotatable bonds is 5. The zero-order chi connectivity index (χ0) is 22.0. The van der Waals surface area contributed by atoms with Crippen LogP contribution < -0.4 is 10.6 Å². The second kappa shape index (κ2) is 8.43. The van der Waals surface area contributed by atoms with Crippen molar-refractivity contribution in [3.63, 3.8) is 0 Å². The fraction of sp³-hybridized carbons (Fsp3) is 0.250. The van der Waals surface area contributed by atoms with Gasteiger partial charge < -0.3 is 10.6 Å². The van der Waals surface area contributed by atoms with Crippen molar-refractivity contribution in [2.45, 2.75) is 39.3 Å². The van der Waals surface area contributed by atoms with Gasteiger partial charge in [0.2, 0.25) is 5.91 Å². The molecule has 1 amide bonds. The number of carbonyl (C=O) groups excluding carboxylic acids is 1. The van der Waals surface area contributed by atoms with Gasteiger partial charge in [-0.2, -0.15) is 0 Å². The maximum Gasteiger partial charge on any atom is 0.242 e. The average molecular weight is 432 g/mol. The van der Waals surface area contributed by atoms with Gasteiger partial charge in [0, 0.05) is 34.4 Å². The molecular formula is C24H25N5OS. The van der Waals surface area contributed by atoms with Gasteiger partial charge in [0.05, 0.1) is 5.39 Å². The van der Waals surface area contributed by atoms with E-state index in [1.165, 1.54) is 0 Å². The lowest BCUT2D eigenvalue weighted by Crippen LogP contribution is -2.47. The van der Waals surface area contributed by atoms with E-state index in [2.05, 4.69) is 33.1 Å². The van der Waals surface area contributed by atoms with Crippen LogP contribution in [0.15, 0.2) is 60.2 Å². The summed E-state index contributed by atoms with van der Waals surface area (Å²) in [4.78, 5) is 27.4. The molecule has 0 radical (unpaired) electrons. The number of carbonyl (C=O) groups is 1. The van der Waals surface area contributed by atoms with Crippen LogP contribution in [0.1, 0.15) is 27.7 Å². The quantitative estimate of drug-likeness (QED) is 0.458. The first-order valence-electron chi connectivity index (χ1n) is 10.2. The van der Waals surface area contributed by atoms with E-state index >= 15 is 0 Å². The van der Waals surface area contributed by atoms with E-state index in [1.807, 2.05) is 58.0 Å². The second-order valence-corrected chi connectivity index (χ2v) is 9.30. The van der Waals surface area contributed by atoms with Gasteiger partial charge in [-0.3, -0.25) is 9.78 Å². The van der Waals surface area contributed by atoms with Crippen LogP contribution >= 0.6 is 11.3 Å². The summed E-state index contributed by atoms with van der Waals surface area (Å²) in [7, 11) is 0. The van der Waals surface area contributed by atoms with Gasteiger partial charge in [0.1, 0.15) is 16.7 Å². The lowest BCUT2D eigenvalue weighted by molar-refractivity contribution is -0.122. The number of hydrogen-bond donors (Lipinski definition) is 2. The third kappa shape index (κ3) is 4.72. The smallest absolute Gasteiger partial charge is 0.242 e. The Balaban J connectivity index is 1.81. The van der Waals surface area contributed by atoms with Crippen molar-refractivity contribution in [2.75, 3.05) is 5.32 Å². The van der Waals surface area contributed by atoms with Gasteiger partial charge in [-0.15, -0.1) is 11.3 Å². The molecule has 1 atom stereocenters. The minimum Gasteiger partial charge on any atom is -0.358 e. The molecular weight excluding hydrogens is 406 g/mol. The number of thiophene rings is 1. The van der Waals surface area contributed by atoms with Gasteiger partial charge in [-0.1, -0.05) is 30.3 Å². The first kappa shape index (κ1) is 20.9. The molecule has 6 nitrogen and oxygen atoms in total. The second-order valence-electron chi connectivity index (χ2n) is 8.44. The van der Waals surface area contributed by atoms with Crippen molar-refractivity contribution < 1.29 is 4.79 Å². The van der Waals surface area contributed by atoms with E-state index in [0.717, 1.165) is 26.9 Å². The fourth-order valence-electron chi connectivity index (χ4n) is 3.25. The third-order valence-electron chi connectivity index (χ3n) is 4.68. The Kier molecular flexibility index (Phi) is 5.69. The number of benzene rings is 1. The van der Waals surface area contributed by atoms with Crippen LogP contribution in [0.3, 0.4) is 0 Å². The molecule has 0 aliphatic heterocycles. The van der Waals surface area contributed by atoms with Crippen LogP contribution in [0.4, 0.5) is 5.82 Å². The van der Waals surface area contributed by atoms with Gasteiger partial charge in [0.25, 0.3) is 0 Å².